The third kappa shape index (κ3) is 8.00. The Bertz CT molecular complexity index is 763. The Morgan fingerprint density at radius 2 is 1.78 bits per heavy atom. The fraction of sp³-hybridized carbons (Fsp3) is 0.652. The van der Waals surface area contributed by atoms with E-state index in [0.29, 0.717) is 0 Å². The molecule has 1 saturated heterocycles. The first-order chi connectivity index (χ1) is 14.8. The van der Waals surface area contributed by atoms with Crippen molar-refractivity contribution < 1.29 is 32.2 Å². The molecule has 180 valence electrons. The van der Waals surface area contributed by atoms with Crippen LogP contribution in [0.1, 0.15) is 46.6 Å². The van der Waals surface area contributed by atoms with E-state index in [0.717, 1.165) is 5.56 Å². The van der Waals surface area contributed by atoms with E-state index in [2.05, 4.69) is 5.32 Å². The zero-order valence-electron chi connectivity index (χ0n) is 19.2. The van der Waals surface area contributed by atoms with Crippen molar-refractivity contribution in [2.75, 3.05) is 13.1 Å². The molecule has 3 atom stereocenters. The normalized spacial score (nSPS) is 20.8. The van der Waals surface area contributed by atoms with Crippen LogP contribution < -0.4 is 5.32 Å². The van der Waals surface area contributed by atoms with Crippen LogP contribution in [0.3, 0.4) is 0 Å². The summed E-state index contributed by atoms with van der Waals surface area (Å²) in [6.45, 7) is 8.62. The monoisotopic (exact) mass is 458 g/mol. The number of amides is 1. The van der Waals surface area contributed by atoms with Gasteiger partial charge in [0.25, 0.3) is 0 Å². The van der Waals surface area contributed by atoms with Crippen LogP contribution in [0.2, 0.25) is 0 Å². The molecule has 0 bridgehead atoms. The second-order valence-electron chi connectivity index (χ2n) is 9.53. The molecule has 1 aliphatic rings. The smallest absolute Gasteiger partial charge is 0.407 e. The van der Waals surface area contributed by atoms with E-state index in [1.54, 1.807) is 45.0 Å². The van der Waals surface area contributed by atoms with Gasteiger partial charge in [0.05, 0.1) is 5.92 Å². The van der Waals surface area contributed by atoms with Crippen LogP contribution in [0.5, 0.6) is 0 Å². The average molecular weight is 459 g/mol. The maximum absolute atomic E-state index is 13.4. The third-order valence-electron chi connectivity index (χ3n) is 5.30. The third-order valence-corrected chi connectivity index (χ3v) is 5.30. The van der Waals surface area contributed by atoms with Crippen molar-refractivity contribution in [2.45, 2.75) is 71.5 Å². The van der Waals surface area contributed by atoms with E-state index in [9.17, 15) is 22.8 Å². The molecule has 0 saturated carbocycles. The van der Waals surface area contributed by atoms with E-state index in [-0.39, 0.29) is 32.0 Å². The van der Waals surface area contributed by atoms with Crippen LogP contribution >= 0.6 is 0 Å². The van der Waals surface area contributed by atoms with Crippen LogP contribution in [0, 0.1) is 11.8 Å². The van der Waals surface area contributed by atoms with Crippen molar-refractivity contribution in [2.24, 2.45) is 11.8 Å². The summed E-state index contributed by atoms with van der Waals surface area (Å²) in [5.74, 6) is -2.42. The lowest BCUT2D eigenvalue weighted by Crippen LogP contribution is -2.50. The number of nitrogens with one attached hydrogen (secondary N) is 1. The predicted octanol–water partition coefficient (Wildman–Crippen LogP) is 4.53. The molecule has 1 aliphatic heterocycles. The molecule has 2 rings (SSSR count). The summed E-state index contributed by atoms with van der Waals surface area (Å²) in [6.07, 6.45) is -5.43. The number of alkyl halides is 3. The van der Waals surface area contributed by atoms with Gasteiger partial charge >= 0.3 is 18.2 Å². The average Bonchev–Trinajstić information content (AvgIpc) is 3.09. The second kappa shape index (κ2) is 10.6. The zero-order chi connectivity index (χ0) is 24.1. The Kier molecular flexibility index (Phi) is 8.56. The van der Waals surface area contributed by atoms with Crippen molar-refractivity contribution in [3.05, 3.63) is 35.9 Å². The van der Waals surface area contributed by atoms with E-state index < -0.39 is 41.8 Å². The molecule has 32 heavy (non-hydrogen) atoms. The van der Waals surface area contributed by atoms with Gasteiger partial charge in [-0.3, -0.25) is 9.69 Å². The summed E-state index contributed by atoms with van der Waals surface area (Å²) >= 11 is 0. The first kappa shape index (κ1) is 26.0. The van der Waals surface area contributed by atoms with Gasteiger partial charge in [-0.1, -0.05) is 44.2 Å². The molecule has 1 amide bonds. The predicted molar refractivity (Wildman–Crippen MR) is 114 cm³/mol. The maximum atomic E-state index is 13.4. The zero-order valence-corrected chi connectivity index (χ0v) is 19.2. The Morgan fingerprint density at radius 1 is 1.16 bits per heavy atom. The molecular weight excluding hydrogens is 425 g/mol. The first-order valence-electron chi connectivity index (χ1n) is 10.8. The SMILES string of the molecule is CC(C)[C@@H](CN1C[C@H](C(F)(F)F)C[C@H]1C(=O)OCc1ccccc1)NC(=O)OC(C)(C)C. The molecule has 1 heterocycles. The van der Waals surface area contributed by atoms with E-state index >= 15 is 0 Å². The van der Waals surface area contributed by atoms with Gasteiger partial charge in [-0.2, -0.15) is 13.2 Å². The van der Waals surface area contributed by atoms with Gasteiger partial charge in [0.1, 0.15) is 18.2 Å². The van der Waals surface area contributed by atoms with Gasteiger partial charge in [-0.05, 0) is 38.7 Å². The van der Waals surface area contributed by atoms with Crippen LogP contribution in [-0.4, -0.2) is 53.9 Å². The van der Waals surface area contributed by atoms with Crippen LogP contribution in [0.25, 0.3) is 0 Å². The number of ether oxygens (including phenoxy) is 2. The van der Waals surface area contributed by atoms with Crippen molar-refractivity contribution in [1.29, 1.82) is 0 Å². The Balaban J connectivity index is 2.10. The van der Waals surface area contributed by atoms with Gasteiger partial charge in [0, 0.05) is 19.1 Å². The number of likely N-dealkylation sites (tertiary alicyclic amines) is 1. The molecule has 9 heteroatoms. The number of rotatable bonds is 7. The second-order valence-corrected chi connectivity index (χ2v) is 9.53. The molecule has 0 aliphatic carbocycles. The van der Waals surface area contributed by atoms with Gasteiger partial charge in [-0.25, -0.2) is 4.79 Å². The van der Waals surface area contributed by atoms with E-state index in [1.165, 1.54) is 4.90 Å². The fourth-order valence-electron chi connectivity index (χ4n) is 3.55. The quantitative estimate of drug-likeness (QED) is 0.608. The minimum atomic E-state index is -4.42. The van der Waals surface area contributed by atoms with E-state index in [4.69, 9.17) is 9.47 Å². The minimum absolute atomic E-state index is 0.00946. The topological polar surface area (TPSA) is 67.9 Å². The van der Waals surface area contributed by atoms with Gasteiger partial charge in [0.15, 0.2) is 0 Å². The Hall–Kier alpha value is -2.29. The molecule has 0 unspecified atom stereocenters. The van der Waals surface area contributed by atoms with Gasteiger partial charge < -0.3 is 14.8 Å². The fourth-order valence-corrected chi connectivity index (χ4v) is 3.55. The lowest BCUT2D eigenvalue weighted by atomic mass is 10.0. The number of carbonyl (C=O) groups is 2. The number of halogens is 3. The van der Waals surface area contributed by atoms with Crippen molar-refractivity contribution in [3.63, 3.8) is 0 Å². The summed E-state index contributed by atoms with van der Waals surface area (Å²) in [4.78, 5) is 26.4. The maximum Gasteiger partial charge on any atom is 0.407 e. The highest BCUT2D eigenvalue weighted by Crippen LogP contribution is 2.37. The molecular formula is C23H33F3N2O4. The van der Waals surface area contributed by atoms with Crippen LogP contribution in [-0.2, 0) is 20.9 Å². The number of nitrogens with zero attached hydrogens (tertiary/aromatic N) is 1. The summed E-state index contributed by atoms with van der Waals surface area (Å²) in [6, 6.07) is 7.42. The van der Waals surface area contributed by atoms with Gasteiger partial charge in [0.2, 0.25) is 0 Å². The number of hydrogen-bond acceptors (Lipinski definition) is 5. The highest BCUT2D eigenvalue weighted by Gasteiger charge is 2.50. The number of hydrogen-bond donors (Lipinski definition) is 1. The number of carbonyl (C=O) groups excluding carboxylic acids is 2. The molecule has 1 fully saturated rings. The van der Waals surface area contributed by atoms with Crippen molar-refractivity contribution in [3.8, 4) is 0 Å². The van der Waals surface area contributed by atoms with E-state index in [1.807, 2.05) is 19.9 Å². The summed E-state index contributed by atoms with van der Waals surface area (Å²) in [7, 11) is 0. The van der Waals surface area contributed by atoms with Crippen LogP contribution in [0.15, 0.2) is 30.3 Å². The van der Waals surface area contributed by atoms with Crippen LogP contribution in [0.4, 0.5) is 18.0 Å². The molecule has 1 aromatic carbocycles. The Morgan fingerprint density at radius 3 is 2.31 bits per heavy atom. The molecule has 0 spiro atoms. The summed E-state index contributed by atoms with van der Waals surface area (Å²) in [5, 5.41) is 2.73. The largest absolute Gasteiger partial charge is 0.460 e. The highest BCUT2D eigenvalue weighted by atomic mass is 19.4. The summed E-state index contributed by atoms with van der Waals surface area (Å²) in [5.41, 5.74) is 0.0501. The minimum Gasteiger partial charge on any atom is -0.460 e. The van der Waals surface area contributed by atoms with Gasteiger partial charge in [-0.15, -0.1) is 0 Å². The van der Waals surface area contributed by atoms with Crippen molar-refractivity contribution >= 4 is 12.1 Å². The summed E-state index contributed by atoms with van der Waals surface area (Å²) < 4.78 is 50.9. The lowest BCUT2D eigenvalue weighted by Gasteiger charge is -2.31. The molecule has 1 N–H and O–H groups in total. The number of esters is 1. The highest BCUT2D eigenvalue weighted by molar-refractivity contribution is 5.76. The van der Waals surface area contributed by atoms with Crippen molar-refractivity contribution in [1.82, 2.24) is 10.2 Å². The molecule has 6 nitrogen and oxygen atoms in total. The standard InChI is InChI=1S/C23H33F3N2O4/c1-15(2)18(27-21(30)32-22(3,4)5)13-28-12-17(23(24,25)26)11-19(28)20(29)31-14-16-9-7-6-8-10-16/h6-10,15,17-19H,11-14H2,1-5H3,(H,27,30)/t17-,18-,19+/m1/s1. The molecule has 1 aromatic rings. The first-order valence-corrected chi connectivity index (χ1v) is 10.8. The molecule has 0 radical (unpaired) electrons. The number of alkyl carbamates (subject to hydrolysis) is 1. The lowest BCUT2D eigenvalue weighted by molar-refractivity contribution is -0.171. The number of benzene rings is 1. The Labute approximate surface area is 187 Å². The molecule has 0 aromatic heterocycles.